The van der Waals surface area contributed by atoms with Gasteiger partial charge in [0.1, 0.15) is 0 Å². The zero-order valence-electron chi connectivity index (χ0n) is 6.04. The lowest BCUT2D eigenvalue weighted by Crippen LogP contribution is -1.69. The second-order valence-electron chi connectivity index (χ2n) is 2.57. The molecule has 54 valence electrons. The van der Waals surface area contributed by atoms with E-state index in [-0.39, 0.29) is 0 Å². The quantitative estimate of drug-likeness (QED) is 0.600. The molecule has 1 aromatic carbocycles. The Bertz CT molecular complexity index is 333. The monoisotopic (exact) mass is 160 g/mol. The first-order valence-electron chi connectivity index (χ1n) is 3.49. The smallest absolute Gasteiger partial charge is 0.0198 e. The maximum atomic E-state index is 4.26. The standard InChI is InChI=1S/C10H8S/c1-7-9(10(7)11)8-5-3-2-4-6-8/h2-6,11H,1H2. The highest BCUT2D eigenvalue weighted by molar-refractivity contribution is 7.85. The molecule has 2 rings (SSSR count). The Labute approximate surface area is 71.7 Å². The Hall–Kier alpha value is -0.950. The molecule has 0 unspecified atom stereocenters. The topological polar surface area (TPSA) is 0 Å². The normalized spacial score (nSPS) is 15.5. The zero-order chi connectivity index (χ0) is 7.84. The van der Waals surface area contributed by atoms with Crippen molar-refractivity contribution in [1.29, 1.82) is 0 Å². The van der Waals surface area contributed by atoms with Gasteiger partial charge in [-0.1, -0.05) is 36.9 Å². The van der Waals surface area contributed by atoms with E-state index in [1.54, 1.807) is 0 Å². The number of thiol groups is 1. The summed E-state index contributed by atoms with van der Waals surface area (Å²) in [4.78, 5) is 1.05. The Morgan fingerprint density at radius 3 is 2.09 bits per heavy atom. The van der Waals surface area contributed by atoms with E-state index in [0.29, 0.717) is 0 Å². The van der Waals surface area contributed by atoms with E-state index < -0.39 is 0 Å². The van der Waals surface area contributed by atoms with Crippen molar-refractivity contribution in [2.75, 3.05) is 0 Å². The zero-order valence-corrected chi connectivity index (χ0v) is 6.94. The minimum absolute atomic E-state index is 1.05. The van der Waals surface area contributed by atoms with Crippen LogP contribution in [0.25, 0.3) is 5.57 Å². The fraction of sp³-hybridized carbons (Fsp3) is 0. The van der Waals surface area contributed by atoms with Crippen LogP contribution in [-0.2, 0) is 0 Å². The third-order valence-corrected chi connectivity index (χ3v) is 2.32. The predicted molar refractivity (Wildman–Crippen MR) is 51.5 cm³/mol. The summed E-state index contributed by atoms with van der Waals surface area (Å²) in [5.41, 5.74) is 3.52. The molecule has 0 aliphatic heterocycles. The lowest BCUT2D eigenvalue weighted by atomic mass is 10.2. The fourth-order valence-corrected chi connectivity index (χ4v) is 1.45. The Balaban J connectivity index is 2.41. The van der Waals surface area contributed by atoms with Gasteiger partial charge >= 0.3 is 0 Å². The van der Waals surface area contributed by atoms with Crippen molar-refractivity contribution in [2.24, 2.45) is 0 Å². The molecule has 0 saturated carbocycles. The molecule has 0 fully saturated rings. The van der Waals surface area contributed by atoms with Crippen LogP contribution in [0.5, 0.6) is 0 Å². The van der Waals surface area contributed by atoms with E-state index in [9.17, 15) is 0 Å². The van der Waals surface area contributed by atoms with Gasteiger partial charge in [-0.3, -0.25) is 0 Å². The molecule has 1 aliphatic rings. The Morgan fingerprint density at radius 1 is 1.09 bits per heavy atom. The summed E-state index contributed by atoms with van der Waals surface area (Å²) in [5, 5.41) is 0. The minimum Gasteiger partial charge on any atom is -0.142 e. The van der Waals surface area contributed by atoms with E-state index in [2.05, 4.69) is 31.3 Å². The summed E-state index contributed by atoms with van der Waals surface area (Å²) in [6.07, 6.45) is 0. The molecule has 0 radical (unpaired) electrons. The van der Waals surface area contributed by atoms with Crippen LogP contribution in [0.4, 0.5) is 0 Å². The van der Waals surface area contributed by atoms with Crippen molar-refractivity contribution < 1.29 is 0 Å². The molecular weight excluding hydrogens is 152 g/mol. The molecule has 0 amide bonds. The van der Waals surface area contributed by atoms with Crippen LogP contribution >= 0.6 is 12.6 Å². The maximum absolute atomic E-state index is 4.26. The average molecular weight is 160 g/mol. The second-order valence-corrected chi connectivity index (χ2v) is 3.02. The van der Waals surface area contributed by atoms with Crippen LogP contribution < -0.4 is 0 Å². The summed E-state index contributed by atoms with van der Waals surface area (Å²) in [6, 6.07) is 10.2. The molecule has 0 heterocycles. The van der Waals surface area contributed by atoms with Gasteiger partial charge in [-0.05, 0) is 11.1 Å². The van der Waals surface area contributed by atoms with Gasteiger partial charge in [0.15, 0.2) is 0 Å². The summed E-state index contributed by atoms with van der Waals surface area (Å²) in [7, 11) is 0. The third kappa shape index (κ3) is 1.02. The van der Waals surface area contributed by atoms with Crippen molar-refractivity contribution in [1.82, 2.24) is 0 Å². The van der Waals surface area contributed by atoms with Crippen molar-refractivity contribution >= 4 is 18.2 Å². The first kappa shape index (κ1) is 6.74. The fourth-order valence-electron chi connectivity index (χ4n) is 1.13. The lowest BCUT2D eigenvalue weighted by molar-refractivity contribution is 1.65. The minimum atomic E-state index is 1.05. The van der Waals surface area contributed by atoms with E-state index in [4.69, 9.17) is 0 Å². The maximum Gasteiger partial charge on any atom is 0.0198 e. The van der Waals surface area contributed by atoms with E-state index in [1.165, 1.54) is 11.1 Å². The van der Waals surface area contributed by atoms with E-state index >= 15 is 0 Å². The van der Waals surface area contributed by atoms with Gasteiger partial charge in [0.05, 0.1) is 0 Å². The highest BCUT2D eigenvalue weighted by atomic mass is 32.1. The molecule has 0 spiro atoms. The molecule has 0 nitrogen and oxygen atoms in total. The van der Waals surface area contributed by atoms with Gasteiger partial charge in [-0.2, -0.15) is 0 Å². The van der Waals surface area contributed by atoms with Crippen LogP contribution in [-0.4, -0.2) is 0 Å². The van der Waals surface area contributed by atoms with Crippen LogP contribution in [0.1, 0.15) is 5.56 Å². The number of benzene rings is 1. The molecule has 1 aliphatic carbocycles. The van der Waals surface area contributed by atoms with Crippen LogP contribution in [0.2, 0.25) is 0 Å². The number of allylic oxidation sites excluding steroid dienone is 2. The first-order chi connectivity index (χ1) is 5.30. The number of hydrogen-bond acceptors (Lipinski definition) is 1. The molecule has 0 atom stereocenters. The molecule has 0 saturated heterocycles. The Morgan fingerprint density at radius 2 is 1.64 bits per heavy atom. The summed E-state index contributed by atoms with van der Waals surface area (Å²) >= 11 is 4.26. The van der Waals surface area contributed by atoms with E-state index in [1.807, 2.05) is 18.2 Å². The summed E-state index contributed by atoms with van der Waals surface area (Å²) < 4.78 is 0. The van der Waals surface area contributed by atoms with Gasteiger partial charge < -0.3 is 0 Å². The average Bonchev–Trinajstić information content (AvgIpc) is 2.62. The molecule has 11 heavy (non-hydrogen) atoms. The van der Waals surface area contributed by atoms with Gasteiger partial charge in [0.2, 0.25) is 0 Å². The molecule has 1 heteroatoms. The largest absolute Gasteiger partial charge is 0.142 e. The van der Waals surface area contributed by atoms with Gasteiger partial charge in [-0.25, -0.2) is 0 Å². The highest BCUT2D eigenvalue weighted by Crippen LogP contribution is 2.46. The molecular formula is C10H8S. The Kier molecular flexibility index (Phi) is 1.40. The van der Waals surface area contributed by atoms with Crippen LogP contribution in [0.3, 0.4) is 0 Å². The van der Waals surface area contributed by atoms with Gasteiger partial charge in [0, 0.05) is 10.5 Å². The third-order valence-electron chi connectivity index (χ3n) is 1.82. The number of rotatable bonds is 1. The van der Waals surface area contributed by atoms with Crippen molar-refractivity contribution in [3.05, 3.63) is 53.0 Å². The lowest BCUT2D eigenvalue weighted by Gasteiger charge is -1.89. The number of hydrogen-bond donors (Lipinski definition) is 1. The van der Waals surface area contributed by atoms with Crippen molar-refractivity contribution in [3.8, 4) is 0 Å². The van der Waals surface area contributed by atoms with Crippen LogP contribution in [0, 0.1) is 0 Å². The summed E-state index contributed by atoms with van der Waals surface area (Å²) in [5.74, 6) is 0. The van der Waals surface area contributed by atoms with Crippen LogP contribution in [0.15, 0.2) is 47.4 Å². The molecule has 0 N–H and O–H groups in total. The van der Waals surface area contributed by atoms with Crippen molar-refractivity contribution in [3.63, 3.8) is 0 Å². The van der Waals surface area contributed by atoms with Gasteiger partial charge in [-0.15, -0.1) is 12.6 Å². The SMILES string of the molecule is C=C1C(S)=C1c1ccccc1. The first-order valence-corrected chi connectivity index (χ1v) is 3.94. The van der Waals surface area contributed by atoms with Gasteiger partial charge in [0.25, 0.3) is 0 Å². The van der Waals surface area contributed by atoms with E-state index in [0.717, 1.165) is 10.5 Å². The molecule has 0 bridgehead atoms. The predicted octanol–water partition coefficient (Wildman–Crippen LogP) is 2.90. The summed E-state index contributed by atoms with van der Waals surface area (Å²) in [6.45, 7) is 3.86. The highest BCUT2D eigenvalue weighted by Gasteiger charge is 2.24. The molecule has 0 aromatic heterocycles. The molecule has 1 aromatic rings. The van der Waals surface area contributed by atoms with Crippen molar-refractivity contribution in [2.45, 2.75) is 0 Å². The second kappa shape index (κ2) is 2.28.